The molecule has 17 heteroatoms. The zero-order valence-electron chi connectivity index (χ0n) is 26.0. The summed E-state index contributed by atoms with van der Waals surface area (Å²) in [6.45, 7) is 6.79. The minimum absolute atomic E-state index is 0. The molecule has 1 aliphatic carbocycles. The van der Waals surface area contributed by atoms with Crippen LogP contribution in [0.4, 0.5) is 0 Å². The zero-order valence-corrected chi connectivity index (χ0v) is 27.6. The molecular formula is C31H35ClN8O7S. The summed E-state index contributed by atoms with van der Waals surface area (Å²) in [5, 5.41) is 21.3. The van der Waals surface area contributed by atoms with E-state index < -0.39 is 28.1 Å². The van der Waals surface area contributed by atoms with Gasteiger partial charge in [0, 0.05) is 25.7 Å². The highest BCUT2D eigenvalue weighted by atomic mass is 35.5. The Morgan fingerprint density at radius 2 is 1.94 bits per heavy atom. The predicted molar refractivity (Wildman–Crippen MR) is 177 cm³/mol. The first-order valence-corrected chi connectivity index (χ1v) is 16.2. The number of rotatable bonds is 8. The smallest absolute Gasteiger partial charge is 0.354 e. The Bertz CT molecular complexity index is 2000. The number of aromatic carboxylic acids is 1. The number of aromatic nitrogens is 4. The highest BCUT2D eigenvalue weighted by Crippen LogP contribution is 2.35. The minimum atomic E-state index is -3.59. The molecule has 48 heavy (non-hydrogen) atoms. The number of halogens is 1. The van der Waals surface area contributed by atoms with Gasteiger partial charge in [-0.25, -0.2) is 19.7 Å². The molecule has 254 valence electrons. The van der Waals surface area contributed by atoms with Crippen molar-refractivity contribution in [3.63, 3.8) is 0 Å². The largest absolute Gasteiger partial charge is 0.477 e. The second-order valence-electron chi connectivity index (χ2n) is 11.0. The van der Waals surface area contributed by atoms with Crippen molar-refractivity contribution in [1.29, 1.82) is 0 Å². The molecule has 2 aromatic heterocycles. The topological polar surface area (TPSA) is 225 Å². The highest BCUT2D eigenvalue weighted by molar-refractivity contribution is 7.86. The van der Waals surface area contributed by atoms with E-state index in [9.17, 15) is 27.9 Å². The molecule has 1 amide bonds. The number of carboxylic acid groups (broad SMARTS) is 1. The Kier molecular flexibility index (Phi) is 11.3. The number of hydrogen-bond acceptors (Lipinski definition) is 10. The van der Waals surface area contributed by atoms with Crippen LogP contribution in [0.15, 0.2) is 55.4 Å². The number of carbonyl (C=O) groups excluding carboxylic acids is 2. The van der Waals surface area contributed by atoms with E-state index in [1.54, 1.807) is 6.07 Å². The van der Waals surface area contributed by atoms with E-state index in [1.165, 1.54) is 32.9 Å². The number of carboxylic acids is 1. The van der Waals surface area contributed by atoms with Crippen molar-refractivity contribution in [3.05, 3.63) is 106 Å². The van der Waals surface area contributed by atoms with Crippen LogP contribution >= 0.6 is 12.4 Å². The summed E-state index contributed by atoms with van der Waals surface area (Å²) < 4.78 is 30.1. The number of hydrogen-bond donors (Lipinski definition) is 4. The summed E-state index contributed by atoms with van der Waals surface area (Å²) >= 11 is 0. The Morgan fingerprint density at radius 1 is 1.17 bits per heavy atom. The molecule has 0 bridgehead atoms. The van der Waals surface area contributed by atoms with E-state index in [0.29, 0.717) is 44.5 Å². The summed E-state index contributed by atoms with van der Waals surface area (Å²) in [6.07, 6.45) is 4.74. The van der Waals surface area contributed by atoms with Gasteiger partial charge in [0.05, 0.1) is 11.6 Å². The summed E-state index contributed by atoms with van der Waals surface area (Å²) in [4.78, 5) is 44.3. The molecule has 0 saturated heterocycles. The maximum Gasteiger partial charge on any atom is 0.354 e. The molecule has 15 nitrogen and oxygen atoms in total. The van der Waals surface area contributed by atoms with Gasteiger partial charge in [0.25, 0.3) is 21.9 Å². The molecular weight excluding hydrogens is 664 g/mol. The molecule has 2 aliphatic rings. The van der Waals surface area contributed by atoms with E-state index in [-0.39, 0.29) is 42.2 Å². The fourth-order valence-electron chi connectivity index (χ4n) is 5.71. The maximum atomic E-state index is 13.0. The van der Waals surface area contributed by atoms with Gasteiger partial charge in [0.1, 0.15) is 18.6 Å². The average Bonchev–Trinajstić information content (AvgIpc) is 3.70. The van der Waals surface area contributed by atoms with Crippen molar-refractivity contribution in [1.82, 2.24) is 29.2 Å². The number of fused-ring (bicyclic) bond motifs is 3. The van der Waals surface area contributed by atoms with E-state index in [4.69, 9.17) is 15.6 Å². The summed E-state index contributed by atoms with van der Waals surface area (Å²) in [7, 11) is -3.59. The van der Waals surface area contributed by atoms with Crippen molar-refractivity contribution in [3.8, 4) is 0 Å². The van der Waals surface area contributed by atoms with E-state index in [0.717, 1.165) is 27.8 Å². The normalized spacial score (nSPS) is 15.3. The Morgan fingerprint density at radius 3 is 2.62 bits per heavy atom. The quantitative estimate of drug-likeness (QED) is 0.154. The first-order valence-electron chi connectivity index (χ1n) is 14.6. The lowest BCUT2D eigenvalue weighted by Crippen LogP contribution is -2.40. The lowest BCUT2D eigenvalue weighted by molar-refractivity contribution is 0.0548. The average molecular weight is 699 g/mol. The number of benzene rings is 2. The fraction of sp³-hybridized carbons (Fsp3) is 0.290. The summed E-state index contributed by atoms with van der Waals surface area (Å²) in [5.41, 5.74) is 11.7. The van der Waals surface area contributed by atoms with Crippen LogP contribution in [-0.4, -0.2) is 68.4 Å². The number of amides is 1. The number of nitrogens with one attached hydrogen (secondary N) is 1. The van der Waals surface area contributed by atoms with Gasteiger partial charge in [-0.15, -0.1) is 12.4 Å². The van der Waals surface area contributed by atoms with Crippen molar-refractivity contribution < 1.29 is 32.6 Å². The third-order valence-electron chi connectivity index (χ3n) is 8.10. The fourth-order valence-corrected chi connectivity index (χ4v) is 6.37. The summed E-state index contributed by atoms with van der Waals surface area (Å²) in [5.74, 6) is -2.16. The van der Waals surface area contributed by atoms with E-state index in [2.05, 4.69) is 27.0 Å². The third kappa shape index (κ3) is 7.69. The van der Waals surface area contributed by atoms with Gasteiger partial charge in [0.15, 0.2) is 5.69 Å². The Balaban J connectivity index is 0.000000258. The summed E-state index contributed by atoms with van der Waals surface area (Å²) in [6, 6.07) is 10.3. The minimum Gasteiger partial charge on any atom is -0.477 e. The number of nitrogens with zero attached hydrogens (tertiary/aromatic N) is 5. The molecule has 2 aromatic carbocycles. The molecule has 0 unspecified atom stereocenters. The van der Waals surface area contributed by atoms with Crippen LogP contribution in [0.3, 0.4) is 0 Å². The highest BCUT2D eigenvalue weighted by Gasteiger charge is 2.29. The predicted octanol–water partition coefficient (Wildman–Crippen LogP) is 2.02. The standard InChI is InChI=1S/C21H19N5O5.C10H15N3O2S.ClH/c1-3-8-31-20(30)13-4-5-14-12(11(13)2)6-7-15(14)24-18(27)17-9-16(19(28)29)25-21-22-10-23-26(17)21;11-6-8-1-2-9-3-4-13(16(12,14)15)7-10(9)5-8;/h3-5,9-10,15H,1,6-8H2,2H3,(H,24,27)(H,28,29);1-2,5H,3-4,6-7,11H2,(H2,12,14,15);1H/t15-;;/m0../s1. The molecule has 1 atom stereocenters. The molecule has 0 fully saturated rings. The lowest BCUT2D eigenvalue weighted by Gasteiger charge is -2.26. The van der Waals surface area contributed by atoms with Gasteiger partial charge in [-0.3, -0.25) is 4.79 Å². The van der Waals surface area contributed by atoms with Crippen LogP contribution in [0.1, 0.15) is 77.2 Å². The van der Waals surface area contributed by atoms with Crippen molar-refractivity contribution in [2.75, 3.05) is 13.2 Å². The van der Waals surface area contributed by atoms with Crippen molar-refractivity contribution in [2.24, 2.45) is 10.9 Å². The Labute approximate surface area is 282 Å². The molecule has 0 spiro atoms. The molecule has 1 aliphatic heterocycles. The molecule has 0 saturated carbocycles. The van der Waals surface area contributed by atoms with Crippen LogP contribution in [0, 0.1) is 6.92 Å². The van der Waals surface area contributed by atoms with E-state index >= 15 is 0 Å². The van der Waals surface area contributed by atoms with Crippen LogP contribution in [0.5, 0.6) is 0 Å². The first-order chi connectivity index (χ1) is 22.4. The molecule has 6 rings (SSSR count). The van der Waals surface area contributed by atoms with Gasteiger partial charge in [-0.2, -0.15) is 27.3 Å². The van der Waals surface area contributed by atoms with Gasteiger partial charge in [0.2, 0.25) is 0 Å². The number of carbonyl (C=O) groups is 3. The third-order valence-corrected chi connectivity index (χ3v) is 9.13. The molecule has 6 N–H and O–H groups in total. The monoisotopic (exact) mass is 698 g/mol. The number of nitrogens with two attached hydrogens (primary N) is 2. The van der Waals surface area contributed by atoms with Crippen LogP contribution in [0.25, 0.3) is 5.78 Å². The van der Waals surface area contributed by atoms with Gasteiger partial charge >= 0.3 is 11.9 Å². The van der Waals surface area contributed by atoms with Crippen LogP contribution in [-0.2, 0) is 40.9 Å². The van der Waals surface area contributed by atoms with Crippen LogP contribution < -0.4 is 16.2 Å². The second kappa shape index (κ2) is 15.0. The Hall–Kier alpha value is -4.74. The zero-order chi connectivity index (χ0) is 33.9. The SMILES string of the molecule is C=CCOC(=O)c1ccc2c(c1C)CC[C@@H]2NC(=O)c1cc(C(=O)O)nc2ncnn12.Cl.NCc1ccc2c(c1)CN(S(N)(=O)=O)CC2. The van der Waals surface area contributed by atoms with E-state index in [1.807, 2.05) is 31.2 Å². The van der Waals surface area contributed by atoms with Crippen LogP contribution in [0.2, 0.25) is 0 Å². The molecule has 3 heterocycles. The second-order valence-corrected chi connectivity index (χ2v) is 12.5. The number of ether oxygens (including phenoxy) is 1. The van der Waals surface area contributed by atoms with Gasteiger partial charge in [-0.1, -0.05) is 36.9 Å². The lowest BCUT2D eigenvalue weighted by atomic mass is 9.98. The molecule has 0 radical (unpaired) electrons. The van der Waals surface area contributed by atoms with Gasteiger partial charge in [-0.05, 0) is 65.6 Å². The maximum absolute atomic E-state index is 13.0. The van der Waals surface area contributed by atoms with Crippen molar-refractivity contribution in [2.45, 2.75) is 45.3 Å². The molecule has 4 aromatic rings. The van der Waals surface area contributed by atoms with Gasteiger partial charge < -0.3 is 20.9 Å². The first kappa shape index (κ1) is 36.1. The number of esters is 1. The van der Waals surface area contributed by atoms with Crippen molar-refractivity contribution >= 4 is 46.2 Å².